The Kier molecular flexibility index (Phi) is 6.86. The molecule has 2 aromatic carbocycles. The number of halogens is 1. The maximum Gasteiger partial charge on any atom is 0.240 e. The largest absolute Gasteiger partial charge is 0.494 e. The van der Waals surface area contributed by atoms with Crippen LogP contribution in [0.5, 0.6) is 5.75 Å². The van der Waals surface area contributed by atoms with Gasteiger partial charge in [-0.1, -0.05) is 24.4 Å². The Hall–Kier alpha value is -1.76. The molecule has 0 bridgehead atoms. The van der Waals surface area contributed by atoms with E-state index in [4.69, 9.17) is 16.3 Å². The number of hydrogen-bond acceptors (Lipinski definition) is 4. The number of nitrogens with zero attached hydrogens (tertiary/aromatic N) is 1. The fourth-order valence-corrected chi connectivity index (χ4v) is 5.16. The van der Waals surface area contributed by atoms with Crippen LogP contribution >= 0.6 is 11.6 Å². The third-order valence-electron chi connectivity index (χ3n) is 5.21. The van der Waals surface area contributed by atoms with Gasteiger partial charge in [-0.2, -0.15) is 0 Å². The van der Waals surface area contributed by atoms with Gasteiger partial charge in [0.15, 0.2) is 0 Å². The van der Waals surface area contributed by atoms with Crippen LogP contribution in [-0.2, 0) is 10.0 Å². The topological polar surface area (TPSA) is 58.6 Å². The molecular formula is C21H27ClN2O3S. The molecule has 3 rings (SSSR count). The summed E-state index contributed by atoms with van der Waals surface area (Å²) in [5, 5.41) is 0.518. The molecule has 1 saturated carbocycles. The van der Waals surface area contributed by atoms with Crippen LogP contribution in [0.15, 0.2) is 53.4 Å². The van der Waals surface area contributed by atoms with Crippen LogP contribution in [0.1, 0.15) is 32.6 Å². The van der Waals surface area contributed by atoms with Crippen molar-refractivity contribution >= 4 is 27.3 Å². The monoisotopic (exact) mass is 422 g/mol. The summed E-state index contributed by atoms with van der Waals surface area (Å²) >= 11 is 5.89. The van der Waals surface area contributed by atoms with Gasteiger partial charge in [-0.05, 0) is 68.3 Å². The lowest BCUT2D eigenvalue weighted by Crippen LogP contribution is -2.52. The number of likely N-dealkylation sites (N-methyl/N-ethyl adjacent to an activating group) is 1. The van der Waals surface area contributed by atoms with Crippen molar-refractivity contribution in [2.45, 2.75) is 49.6 Å². The highest BCUT2D eigenvalue weighted by atomic mass is 35.5. The molecule has 0 spiro atoms. The summed E-state index contributed by atoms with van der Waals surface area (Å²) in [5.74, 6) is 0.836. The molecule has 0 saturated heterocycles. The minimum absolute atomic E-state index is 0.0915. The van der Waals surface area contributed by atoms with Crippen molar-refractivity contribution in [1.29, 1.82) is 0 Å². The molecule has 1 aliphatic rings. The summed E-state index contributed by atoms with van der Waals surface area (Å²) in [7, 11) is -1.57. The first-order chi connectivity index (χ1) is 13.4. The molecule has 0 aliphatic heterocycles. The van der Waals surface area contributed by atoms with Gasteiger partial charge in [0.1, 0.15) is 5.75 Å². The highest BCUT2D eigenvalue weighted by Crippen LogP contribution is 2.29. The average Bonchev–Trinajstić information content (AvgIpc) is 2.69. The van der Waals surface area contributed by atoms with Gasteiger partial charge in [0.05, 0.1) is 11.5 Å². The van der Waals surface area contributed by atoms with E-state index in [0.29, 0.717) is 11.6 Å². The Bertz CT molecular complexity index is 870. The van der Waals surface area contributed by atoms with Crippen molar-refractivity contribution in [3.05, 3.63) is 53.6 Å². The predicted octanol–water partition coefficient (Wildman–Crippen LogP) is 4.46. The van der Waals surface area contributed by atoms with Crippen LogP contribution in [0.3, 0.4) is 0 Å². The van der Waals surface area contributed by atoms with Crippen LogP contribution < -0.4 is 14.4 Å². The van der Waals surface area contributed by atoms with Crippen LogP contribution in [0.25, 0.3) is 0 Å². The van der Waals surface area contributed by atoms with E-state index in [2.05, 4.69) is 9.62 Å². The second-order valence-electron chi connectivity index (χ2n) is 7.07. The summed E-state index contributed by atoms with van der Waals surface area (Å²) in [4.78, 5) is 2.41. The van der Waals surface area contributed by atoms with E-state index in [1.807, 2.05) is 38.2 Å². The Morgan fingerprint density at radius 3 is 2.36 bits per heavy atom. The summed E-state index contributed by atoms with van der Waals surface area (Å²) < 4.78 is 34.1. The zero-order chi connectivity index (χ0) is 20.1. The Labute approximate surface area is 172 Å². The lowest BCUT2D eigenvalue weighted by atomic mass is 9.90. The summed E-state index contributed by atoms with van der Waals surface area (Å²) in [6.07, 6.45) is 3.86. The van der Waals surface area contributed by atoms with Crippen molar-refractivity contribution in [3.8, 4) is 5.75 Å². The first-order valence-corrected chi connectivity index (χ1v) is 11.5. The van der Waals surface area contributed by atoms with Crippen LogP contribution in [0.2, 0.25) is 5.02 Å². The molecule has 1 aliphatic carbocycles. The molecule has 0 radical (unpaired) electrons. The molecule has 7 heteroatoms. The van der Waals surface area contributed by atoms with E-state index in [-0.39, 0.29) is 17.0 Å². The van der Waals surface area contributed by atoms with Crippen molar-refractivity contribution in [3.63, 3.8) is 0 Å². The second-order valence-corrected chi connectivity index (χ2v) is 9.22. The van der Waals surface area contributed by atoms with Crippen molar-refractivity contribution in [2.75, 3.05) is 18.6 Å². The predicted molar refractivity (Wildman–Crippen MR) is 114 cm³/mol. The zero-order valence-corrected chi connectivity index (χ0v) is 17.8. The highest BCUT2D eigenvalue weighted by Gasteiger charge is 2.32. The molecule has 5 nitrogen and oxygen atoms in total. The maximum atomic E-state index is 12.8. The third kappa shape index (κ3) is 4.99. The van der Waals surface area contributed by atoms with E-state index in [0.717, 1.165) is 37.1 Å². The highest BCUT2D eigenvalue weighted by molar-refractivity contribution is 7.89. The number of hydrogen-bond donors (Lipinski definition) is 1. The molecule has 1 fully saturated rings. The second kappa shape index (κ2) is 9.16. The Morgan fingerprint density at radius 2 is 1.71 bits per heavy atom. The molecule has 2 aromatic rings. The van der Waals surface area contributed by atoms with Crippen molar-refractivity contribution in [2.24, 2.45) is 0 Å². The smallest absolute Gasteiger partial charge is 0.240 e. The molecule has 1 N–H and O–H groups in total. The number of anilines is 1. The lowest BCUT2D eigenvalue weighted by Gasteiger charge is -2.39. The van der Waals surface area contributed by atoms with Gasteiger partial charge in [-0.25, -0.2) is 13.1 Å². The molecule has 28 heavy (non-hydrogen) atoms. The van der Waals surface area contributed by atoms with Crippen LogP contribution in [-0.4, -0.2) is 34.2 Å². The quantitative estimate of drug-likeness (QED) is 0.715. The van der Waals surface area contributed by atoms with Gasteiger partial charge in [0.25, 0.3) is 0 Å². The minimum atomic E-state index is -3.59. The first-order valence-electron chi connectivity index (χ1n) is 9.64. The molecule has 2 atom stereocenters. The van der Waals surface area contributed by atoms with E-state index in [9.17, 15) is 8.42 Å². The number of nitrogens with one attached hydrogen (secondary N) is 1. The Morgan fingerprint density at radius 1 is 1.07 bits per heavy atom. The van der Waals surface area contributed by atoms with Gasteiger partial charge in [0, 0.05) is 29.8 Å². The van der Waals surface area contributed by atoms with Crippen LogP contribution in [0, 0.1) is 0 Å². The molecule has 0 unspecified atom stereocenters. The van der Waals surface area contributed by atoms with Gasteiger partial charge in [-0.3, -0.25) is 0 Å². The zero-order valence-electron chi connectivity index (χ0n) is 16.3. The normalized spacial score (nSPS) is 20.0. The SMILES string of the molecule is CCOc1ccc(N(C)[C@@H]2CCCC[C@H]2NS(=O)(=O)c2ccc(Cl)cc2)cc1. The van der Waals surface area contributed by atoms with Crippen molar-refractivity contribution in [1.82, 2.24) is 4.72 Å². The van der Waals surface area contributed by atoms with Crippen LogP contribution in [0.4, 0.5) is 5.69 Å². The maximum absolute atomic E-state index is 12.8. The molecule has 0 heterocycles. The molecule has 0 aromatic heterocycles. The summed E-state index contributed by atoms with van der Waals surface area (Å²) in [6.45, 7) is 2.59. The number of benzene rings is 2. The fraction of sp³-hybridized carbons (Fsp3) is 0.429. The van der Waals surface area contributed by atoms with Gasteiger partial charge in [-0.15, -0.1) is 0 Å². The summed E-state index contributed by atoms with van der Waals surface area (Å²) in [5.41, 5.74) is 1.05. The molecular weight excluding hydrogens is 396 g/mol. The third-order valence-corrected chi connectivity index (χ3v) is 6.97. The van der Waals surface area contributed by atoms with Gasteiger partial charge >= 0.3 is 0 Å². The fourth-order valence-electron chi connectivity index (χ4n) is 3.73. The average molecular weight is 423 g/mol. The Balaban J connectivity index is 1.76. The van der Waals surface area contributed by atoms with E-state index >= 15 is 0 Å². The van der Waals surface area contributed by atoms with E-state index < -0.39 is 10.0 Å². The molecule has 152 valence electrons. The first kappa shape index (κ1) is 21.0. The van der Waals surface area contributed by atoms with Gasteiger partial charge < -0.3 is 9.64 Å². The van der Waals surface area contributed by atoms with Gasteiger partial charge in [0.2, 0.25) is 10.0 Å². The number of sulfonamides is 1. The van der Waals surface area contributed by atoms with Crippen molar-refractivity contribution < 1.29 is 13.2 Å². The minimum Gasteiger partial charge on any atom is -0.494 e. The standard InChI is InChI=1S/C21H27ClN2O3S/c1-3-27-18-12-10-17(11-13-18)24(2)21-7-5-4-6-20(21)23-28(25,26)19-14-8-16(22)9-15-19/h8-15,20-21,23H,3-7H2,1-2H3/t20-,21-/m1/s1. The van der Waals surface area contributed by atoms with E-state index in [1.54, 1.807) is 24.3 Å². The number of rotatable bonds is 7. The lowest BCUT2D eigenvalue weighted by molar-refractivity contribution is 0.339. The van der Waals surface area contributed by atoms with E-state index in [1.165, 1.54) is 0 Å². The summed E-state index contributed by atoms with van der Waals surface area (Å²) in [6, 6.07) is 14.2. The molecule has 0 amide bonds. The number of ether oxygens (including phenoxy) is 1.